The van der Waals surface area contributed by atoms with Crippen LogP contribution < -0.4 is 4.74 Å². The molecule has 0 bridgehead atoms. The summed E-state index contributed by atoms with van der Waals surface area (Å²) in [5.74, 6) is 1.52. The van der Waals surface area contributed by atoms with Crippen LogP contribution in [0.25, 0.3) is 11.3 Å². The van der Waals surface area contributed by atoms with Crippen LogP contribution in [0.3, 0.4) is 0 Å². The molecule has 0 aromatic heterocycles. The van der Waals surface area contributed by atoms with Crippen molar-refractivity contribution in [2.75, 3.05) is 0 Å². The van der Waals surface area contributed by atoms with Crippen LogP contribution in [0.4, 0.5) is 0 Å². The van der Waals surface area contributed by atoms with E-state index in [4.69, 9.17) is 16.3 Å². The maximum atomic E-state index is 6.29. The molecule has 0 saturated carbocycles. The monoisotopic (exact) mass is 310 g/mol. The number of benzene rings is 2. The lowest BCUT2D eigenvalue weighted by atomic mass is 9.94. The summed E-state index contributed by atoms with van der Waals surface area (Å²) in [5.41, 5.74) is 6.84. The van der Waals surface area contributed by atoms with Crippen LogP contribution >= 0.6 is 11.6 Å². The van der Waals surface area contributed by atoms with Crippen molar-refractivity contribution < 1.29 is 4.74 Å². The lowest BCUT2D eigenvalue weighted by Gasteiger charge is -2.22. The first kappa shape index (κ1) is 14.9. The number of ether oxygens (including phenoxy) is 1. The zero-order valence-electron chi connectivity index (χ0n) is 13.2. The SMILES string of the molecule is C=C1C=C(c2cc(CC)c(C)cc2C)Oc2c(Cl)cccc21. The largest absolute Gasteiger partial charge is 0.454 e. The first-order valence-corrected chi connectivity index (χ1v) is 7.87. The van der Waals surface area contributed by atoms with Crippen LogP contribution in [0.2, 0.25) is 5.02 Å². The van der Waals surface area contributed by atoms with Crippen molar-refractivity contribution in [1.29, 1.82) is 0 Å². The van der Waals surface area contributed by atoms with Gasteiger partial charge >= 0.3 is 0 Å². The summed E-state index contributed by atoms with van der Waals surface area (Å²) in [5, 5.41) is 0.615. The Labute approximate surface area is 136 Å². The van der Waals surface area contributed by atoms with E-state index in [1.54, 1.807) is 0 Å². The molecule has 2 aromatic rings. The summed E-state index contributed by atoms with van der Waals surface area (Å²) in [6, 6.07) is 10.2. The van der Waals surface area contributed by atoms with Crippen molar-refractivity contribution in [3.8, 4) is 5.75 Å². The molecule has 22 heavy (non-hydrogen) atoms. The Hall–Kier alpha value is -1.99. The molecule has 0 radical (unpaired) electrons. The maximum absolute atomic E-state index is 6.29. The van der Waals surface area contributed by atoms with E-state index in [1.165, 1.54) is 16.7 Å². The minimum Gasteiger partial charge on any atom is -0.454 e. The third-order valence-corrected chi connectivity index (χ3v) is 4.46. The third kappa shape index (κ3) is 2.46. The number of hydrogen-bond acceptors (Lipinski definition) is 1. The Bertz CT molecular complexity index is 800. The van der Waals surface area contributed by atoms with Gasteiger partial charge in [-0.3, -0.25) is 0 Å². The topological polar surface area (TPSA) is 9.23 Å². The highest BCUT2D eigenvalue weighted by Crippen LogP contribution is 2.41. The van der Waals surface area contributed by atoms with Crippen LogP contribution in [-0.4, -0.2) is 0 Å². The summed E-state index contributed by atoms with van der Waals surface area (Å²) < 4.78 is 6.11. The molecule has 2 aromatic carbocycles. The second-order valence-electron chi connectivity index (χ2n) is 5.70. The minimum atomic E-state index is 0.615. The smallest absolute Gasteiger partial charge is 0.153 e. The average molecular weight is 311 g/mol. The van der Waals surface area contributed by atoms with E-state index in [9.17, 15) is 0 Å². The minimum absolute atomic E-state index is 0.615. The summed E-state index contributed by atoms with van der Waals surface area (Å²) in [4.78, 5) is 0. The van der Waals surface area contributed by atoms with Gasteiger partial charge in [0.1, 0.15) is 5.76 Å². The number of rotatable bonds is 2. The Kier molecular flexibility index (Phi) is 3.84. The molecule has 0 fully saturated rings. The first-order chi connectivity index (χ1) is 10.5. The molecule has 1 heterocycles. The van der Waals surface area contributed by atoms with E-state index in [0.717, 1.165) is 28.9 Å². The molecule has 0 unspecified atom stereocenters. The van der Waals surface area contributed by atoms with Crippen LogP contribution in [-0.2, 0) is 6.42 Å². The van der Waals surface area contributed by atoms with E-state index in [1.807, 2.05) is 24.3 Å². The second-order valence-corrected chi connectivity index (χ2v) is 6.11. The highest BCUT2D eigenvalue weighted by atomic mass is 35.5. The molecule has 0 saturated heterocycles. The second kappa shape index (κ2) is 5.66. The Morgan fingerprint density at radius 3 is 2.59 bits per heavy atom. The van der Waals surface area contributed by atoms with Crippen LogP contribution in [0, 0.1) is 13.8 Å². The van der Waals surface area contributed by atoms with Gasteiger partial charge in [-0.2, -0.15) is 0 Å². The van der Waals surface area contributed by atoms with Gasteiger partial charge in [-0.25, -0.2) is 0 Å². The molecule has 0 aliphatic carbocycles. The lowest BCUT2D eigenvalue weighted by molar-refractivity contribution is 0.509. The van der Waals surface area contributed by atoms with Gasteiger partial charge in [0.25, 0.3) is 0 Å². The van der Waals surface area contributed by atoms with E-state index >= 15 is 0 Å². The Morgan fingerprint density at radius 2 is 1.86 bits per heavy atom. The lowest BCUT2D eigenvalue weighted by Crippen LogP contribution is -2.06. The molecule has 1 aliphatic heterocycles. The predicted molar refractivity (Wildman–Crippen MR) is 94.4 cm³/mol. The number of allylic oxidation sites excluding steroid dienone is 2. The van der Waals surface area contributed by atoms with E-state index in [2.05, 4.69) is 39.5 Å². The van der Waals surface area contributed by atoms with Crippen molar-refractivity contribution in [2.24, 2.45) is 0 Å². The molecule has 3 rings (SSSR count). The molecule has 0 spiro atoms. The van der Waals surface area contributed by atoms with Crippen molar-refractivity contribution in [2.45, 2.75) is 27.2 Å². The normalized spacial score (nSPS) is 13.5. The highest BCUT2D eigenvalue weighted by molar-refractivity contribution is 6.32. The zero-order valence-corrected chi connectivity index (χ0v) is 13.9. The van der Waals surface area contributed by atoms with Gasteiger partial charge in [-0.1, -0.05) is 43.3 Å². The molecule has 0 amide bonds. The molecular weight excluding hydrogens is 292 g/mol. The molecule has 112 valence electrons. The highest BCUT2D eigenvalue weighted by Gasteiger charge is 2.20. The fraction of sp³-hybridized carbons (Fsp3) is 0.200. The maximum Gasteiger partial charge on any atom is 0.153 e. The number of halogens is 1. The summed E-state index contributed by atoms with van der Waals surface area (Å²) in [6.07, 6.45) is 3.00. The van der Waals surface area contributed by atoms with Crippen LogP contribution in [0.15, 0.2) is 43.0 Å². The molecule has 0 atom stereocenters. The number of para-hydroxylation sites is 1. The van der Waals surface area contributed by atoms with Gasteiger partial charge in [0.2, 0.25) is 0 Å². The van der Waals surface area contributed by atoms with Crippen molar-refractivity contribution in [3.05, 3.63) is 75.8 Å². The number of hydrogen-bond donors (Lipinski definition) is 0. The molecule has 1 aliphatic rings. The number of fused-ring (bicyclic) bond motifs is 1. The zero-order chi connectivity index (χ0) is 15.9. The van der Waals surface area contributed by atoms with Crippen LogP contribution in [0.5, 0.6) is 5.75 Å². The van der Waals surface area contributed by atoms with E-state index in [0.29, 0.717) is 10.8 Å². The van der Waals surface area contributed by atoms with E-state index < -0.39 is 0 Å². The van der Waals surface area contributed by atoms with Crippen molar-refractivity contribution in [3.63, 3.8) is 0 Å². The molecule has 0 N–H and O–H groups in total. The predicted octanol–water partition coefficient (Wildman–Crippen LogP) is 5.97. The Morgan fingerprint density at radius 1 is 1.09 bits per heavy atom. The van der Waals surface area contributed by atoms with Gasteiger partial charge in [-0.15, -0.1) is 0 Å². The van der Waals surface area contributed by atoms with Gasteiger partial charge in [0.05, 0.1) is 5.02 Å². The quantitative estimate of drug-likeness (QED) is 0.664. The Balaban J connectivity index is 2.12. The van der Waals surface area contributed by atoms with Crippen molar-refractivity contribution in [1.82, 2.24) is 0 Å². The first-order valence-electron chi connectivity index (χ1n) is 7.49. The van der Waals surface area contributed by atoms with Gasteiger partial charge in [0.15, 0.2) is 5.75 Å². The van der Waals surface area contributed by atoms with Gasteiger partial charge in [0, 0.05) is 11.1 Å². The third-order valence-electron chi connectivity index (χ3n) is 4.16. The number of aryl methyl sites for hydroxylation is 3. The van der Waals surface area contributed by atoms with Gasteiger partial charge < -0.3 is 4.74 Å². The summed E-state index contributed by atoms with van der Waals surface area (Å²) >= 11 is 6.29. The van der Waals surface area contributed by atoms with E-state index in [-0.39, 0.29) is 0 Å². The van der Waals surface area contributed by atoms with Crippen LogP contribution in [0.1, 0.15) is 34.7 Å². The van der Waals surface area contributed by atoms with Gasteiger partial charge in [-0.05, 0) is 60.7 Å². The summed E-state index contributed by atoms with van der Waals surface area (Å²) in [7, 11) is 0. The summed E-state index contributed by atoms with van der Waals surface area (Å²) in [6.45, 7) is 10.6. The fourth-order valence-corrected chi connectivity index (χ4v) is 3.13. The molecule has 1 nitrogen and oxygen atoms in total. The molecular formula is C20H19ClO. The fourth-order valence-electron chi connectivity index (χ4n) is 2.92. The standard InChI is InChI=1S/C20H19ClO/c1-5-15-11-17(13(3)9-12(15)2)19-10-14(4)16-7-6-8-18(21)20(16)22-19/h6-11H,4-5H2,1-3H3. The average Bonchev–Trinajstić information content (AvgIpc) is 2.48. The van der Waals surface area contributed by atoms with Crippen molar-refractivity contribution >= 4 is 22.9 Å². The molecule has 2 heteroatoms.